The Kier molecular flexibility index (Phi) is 4.57. The maximum Gasteiger partial charge on any atom is 0.303 e. The van der Waals surface area contributed by atoms with Crippen LogP contribution in [0.2, 0.25) is 0 Å². The molecule has 6 heteroatoms. The van der Waals surface area contributed by atoms with Crippen LogP contribution in [-0.2, 0) is 4.79 Å². The van der Waals surface area contributed by atoms with Crippen LogP contribution in [0.4, 0.5) is 0 Å². The third-order valence-corrected chi connectivity index (χ3v) is 3.03. The number of aliphatic carboxylic acids is 1. The molecule has 0 saturated heterocycles. The standard InChI is InChI=1S/C15H18N2O4/c1-9-7-12(15-16-11(3)21-17-15)8-10(2)14(9)20-6-4-5-13(18)19/h7-8H,4-6H2,1-3H3,(H,18,19). The molecule has 1 aromatic carbocycles. The molecule has 0 unspecified atom stereocenters. The van der Waals surface area contributed by atoms with Crippen LogP contribution < -0.4 is 4.74 Å². The predicted octanol–water partition coefficient (Wildman–Crippen LogP) is 2.91. The summed E-state index contributed by atoms with van der Waals surface area (Å²) < 4.78 is 10.7. The maximum atomic E-state index is 10.5. The number of benzene rings is 1. The first-order valence-corrected chi connectivity index (χ1v) is 6.74. The van der Waals surface area contributed by atoms with Crippen molar-refractivity contribution in [3.05, 3.63) is 29.2 Å². The number of carbonyl (C=O) groups is 1. The Bertz CT molecular complexity index is 626. The summed E-state index contributed by atoms with van der Waals surface area (Å²) in [7, 11) is 0. The number of hydrogen-bond acceptors (Lipinski definition) is 5. The fourth-order valence-electron chi connectivity index (χ4n) is 2.12. The number of carboxylic acid groups (broad SMARTS) is 1. The first-order chi connectivity index (χ1) is 9.97. The monoisotopic (exact) mass is 290 g/mol. The Labute approximate surface area is 122 Å². The third-order valence-electron chi connectivity index (χ3n) is 3.03. The molecule has 0 bridgehead atoms. The molecule has 0 amide bonds. The maximum absolute atomic E-state index is 10.5. The zero-order valence-corrected chi connectivity index (χ0v) is 12.3. The number of hydrogen-bond donors (Lipinski definition) is 1. The van der Waals surface area contributed by atoms with Gasteiger partial charge in [-0.1, -0.05) is 5.16 Å². The van der Waals surface area contributed by atoms with Crippen LogP contribution in [0, 0.1) is 20.8 Å². The molecule has 0 aliphatic carbocycles. The molecule has 0 fully saturated rings. The van der Waals surface area contributed by atoms with Crippen molar-refractivity contribution >= 4 is 5.97 Å². The van der Waals surface area contributed by atoms with Gasteiger partial charge < -0.3 is 14.4 Å². The SMILES string of the molecule is Cc1nc(-c2cc(C)c(OCCCC(=O)O)c(C)c2)no1. The van der Waals surface area contributed by atoms with Gasteiger partial charge >= 0.3 is 5.97 Å². The van der Waals surface area contributed by atoms with Gasteiger partial charge in [0.15, 0.2) is 0 Å². The number of rotatable bonds is 6. The molecule has 0 saturated carbocycles. The Hall–Kier alpha value is -2.37. The molecular formula is C15H18N2O4. The zero-order valence-electron chi connectivity index (χ0n) is 12.3. The van der Waals surface area contributed by atoms with E-state index < -0.39 is 5.97 Å². The van der Waals surface area contributed by atoms with Crippen LogP contribution in [0.3, 0.4) is 0 Å². The van der Waals surface area contributed by atoms with Crippen molar-refractivity contribution in [1.29, 1.82) is 0 Å². The molecule has 2 rings (SSSR count). The summed E-state index contributed by atoms with van der Waals surface area (Å²) in [6, 6.07) is 3.87. The second-order valence-corrected chi connectivity index (χ2v) is 4.92. The van der Waals surface area contributed by atoms with Crippen molar-refractivity contribution in [1.82, 2.24) is 10.1 Å². The summed E-state index contributed by atoms with van der Waals surface area (Å²) in [5.41, 5.74) is 2.80. The van der Waals surface area contributed by atoms with Crippen molar-refractivity contribution in [2.75, 3.05) is 6.61 Å². The molecule has 1 aromatic heterocycles. The minimum atomic E-state index is -0.810. The van der Waals surface area contributed by atoms with Gasteiger partial charge in [0.05, 0.1) is 6.61 Å². The van der Waals surface area contributed by atoms with Gasteiger partial charge in [-0.05, 0) is 43.5 Å². The Morgan fingerprint density at radius 1 is 1.29 bits per heavy atom. The van der Waals surface area contributed by atoms with E-state index in [-0.39, 0.29) is 6.42 Å². The molecular weight excluding hydrogens is 272 g/mol. The Balaban J connectivity index is 2.12. The van der Waals surface area contributed by atoms with E-state index in [4.69, 9.17) is 14.4 Å². The minimum absolute atomic E-state index is 0.109. The fraction of sp³-hybridized carbons (Fsp3) is 0.400. The smallest absolute Gasteiger partial charge is 0.303 e. The lowest BCUT2D eigenvalue weighted by Gasteiger charge is -2.12. The number of ether oxygens (including phenoxy) is 1. The molecule has 0 aliphatic heterocycles. The molecule has 1 heterocycles. The molecule has 1 N–H and O–H groups in total. The van der Waals surface area contributed by atoms with Gasteiger partial charge in [-0.3, -0.25) is 4.79 Å². The lowest BCUT2D eigenvalue weighted by atomic mass is 10.1. The highest BCUT2D eigenvalue weighted by atomic mass is 16.5. The van der Waals surface area contributed by atoms with Gasteiger partial charge in [0.2, 0.25) is 11.7 Å². The van der Waals surface area contributed by atoms with E-state index in [1.807, 2.05) is 26.0 Å². The van der Waals surface area contributed by atoms with Crippen molar-refractivity contribution < 1.29 is 19.2 Å². The Morgan fingerprint density at radius 3 is 2.48 bits per heavy atom. The topological polar surface area (TPSA) is 85.5 Å². The molecule has 6 nitrogen and oxygen atoms in total. The first-order valence-electron chi connectivity index (χ1n) is 6.74. The highest BCUT2D eigenvalue weighted by Gasteiger charge is 2.11. The summed E-state index contributed by atoms with van der Waals surface area (Å²) in [4.78, 5) is 14.7. The summed E-state index contributed by atoms with van der Waals surface area (Å²) >= 11 is 0. The quantitative estimate of drug-likeness (QED) is 0.823. The summed E-state index contributed by atoms with van der Waals surface area (Å²) in [5, 5.41) is 12.5. The minimum Gasteiger partial charge on any atom is -0.493 e. The van der Waals surface area contributed by atoms with Crippen LogP contribution >= 0.6 is 0 Å². The zero-order chi connectivity index (χ0) is 15.4. The van der Waals surface area contributed by atoms with Gasteiger partial charge in [-0.2, -0.15) is 4.98 Å². The van der Waals surface area contributed by atoms with Gasteiger partial charge in [0.1, 0.15) is 5.75 Å². The van der Waals surface area contributed by atoms with Gasteiger partial charge in [0, 0.05) is 18.9 Å². The lowest BCUT2D eigenvalue weighted by molar-refractivity contribution is -0.137. The normalized spacial score (nSPS) is 10.6. The third kappa shape index (κ3) is 3.81. The largest absolute Gasteiger partial charge is 0.493 e. The Morgan fingerprint density at radius 2 is 1.95 bits per heavy atom. The van der Waals surface area contributed by atoms with Gasteiger partial charge in [0.25, 0.3) is 0 Å². The molecule has 0 radical (unpaired) electrons. The van der Waals surface area contributed by atoms with Crippen LogP contribution in [-0.4, -0.2) is 27.8 Å². The number of nitrogens with zero attached hydrogens (tertiary/aromatic N) is 2. The van der Waals surface area contributed by atoms with Gasteiger partial charge in [-0.25, -0.2) is 0 Å². The lowest BCUT2D eigenvalue weighted by Crippen LogP contribution is -2.04. The van der Waals surface area contributed by atoms with E-state index in [2.05, 4.69) is 10.1 Å². The van der Waals surface area contributed by atoms with E-state index in [0.29, 0.717) is 24.7 Å². The van der Waals surface area contributed by atoms with Crippen LogP contribution in [0.15, 0.2) is 16.7 Å². The number of aryl methyl sites for hydroxylation is 3. The second-order valence-electron chi connectivity index (χ2n) is 4.92. The fourth-order valence-corrected chi connectivity index (χ4v) is 2.12. The molecule has 2 aromatic rings. The summed E-state index contributed by atoms with van der Waals surface area (Å²) in [6.07, 6.45) is 0.596. The van der Waals surface area contributed by atoms with Gasteiger partial charge in [-0.15, -0.1) is 0 Å². The van der Waals surface area contributed by atoms with E-state index >= 15 is 0 Å². The summed E-state index contributed by atoms with van der Waals surface area (Å²) in [6.45, 7) is 6.01. The van der Waals surface area contributed by atoms with Crippen molar-refractivity contribution in [2.45, 2.75) is 33.6 Å². The predicted molar refractivity (Wildman–Crippen MR) is 76.3 cm³/mol. The summed E-state index contributed by atoms with van der Waals surface area (Å²) in [5.74, 6) is 1.05. The van der Waals surface area contributed by atoms with E-state index in [0.717, 1.165) is 22.4 Å². The van der Waals surface area contributed by atoms with E-state index in [9.17, 15) is 4.79 Å². The van der Waals surface area contributed by atoms with E-state index in [1.54, 1.807) is 6.92 Å². The molecule has 21 heavy (non-hydrogen) atoms. The highest BCUT2D eigenvalue weighted by Crippen LogP contribution is 2.29. The van der Waals surface area contributed by atoms with Crippen molar-refractivity contribution in [3.8, 4) is 17.1 Å². The van der Waals surface area contributed by atoms with Crippen LogP contribution in [0.5, 0.6) is 5.75 Å². The first kappa shape index (κ1) is 15.0. The van der Waals surface area contributed by atoms with E-state index in [1.165, 1.54) is 0 Å². The second kappa shape index (κ2) is 6.39. The average Bonchev–Trinajstić information content (AvgIpc) is 2.83. The number of carboxylic acids is 1. The molecule has 112 valence electrons. The average molecular weight is 290 g/mol. The van der Waals surface area contributed by atoms with Crippen LogP contribution in [0.1, 0.15) is 29.9 Å². The van der Waals surface area contributed by atoms with Crippen LogP contribution in [0.25, 0.3) is 11.4 Å². The number of aromatic nitrogens is 2. The molecule has 0 aliphatic rings. The molecule has 0 atom stereocenters. The van der Waals surface area contributed by atoms with Crippen molar-refractivity contribution in [3.63, 3.8) is 0 Å². The van der Waals surface area contributed by atoms with Crippen molar-refractivity contribution in [2.24, 2.45) is 0 Å². The molecule has 0 spiro atoms. The highest BCUT2D eigenvalue weighted by molar-refractivity contribution is 5.66.